The summed E-state index contributed by atoms with van der Waals surface area (Å²) >= 11 is 7.22. The number of fused-ring (bicyclic) bond motifs is 2. The first-order valence-electron chi connectivity index (χ1n) is 12.4. The van der Waals surface area contributed by atoms with Crippen LogP contribution in [0.4, 0.5) is 5.13 Å². The number of amides is 3. The number of aromatic nitrogens is 1. The summed E-state index contributed by atoms with van der Waals surface area (Å²) in [6, 6.07) is 6.73. The van der Waals surface area contributed by atoms with Crippen molar-refractivity contribution in [2.24, 2.45) is 10.8 Å². The van der Waals surface area contributed by atoms with Gasteiger partial charge < -0.3 is 15.1 Å². The molecule has 2 heterocycles. The minimum absolute atomic E-state index is 0.100. The Kier molecular flexibility index (Phi) is 7.49. The second-order valence-electron chi connectivity index (χ2n) is 11.6. The molecule has 4 rings (SSSR count). The van der Waals surface area contributed by atoms with Gasteiger partial charge in [0, 0.05) is 34.6 Å². The Balaban J connectivity index is 1.34. The van der Waals surface area contributed by atoms with Crippen molar-refractivity contribution in [2.45, 2.75) is 72.4 Å². The lowest BCUT2D eigenvalue weighted by molar-refractivity contribution is -0.131. The van der Waals surface area contributed by atoms with Gasteiger partial charge in [0.1, 0.15) is 6.54 Å². The van der Waals surface area contributed by atoms with E-state index in [2.05, 4.69) is 36.0 Å². The van der Waals surface area contributed by atoms with Crippen LogP contribution in [0.1, 0.15) is 69.9 Å². The van der Waals surface area contributed by atoms with Crippen molar-refractivity contribution in [2.75, 3.05) is 18.4 Å². The Morgan fingerprint density at radius 1 is 1.19 bits per heavy atom. The Morgan fingerprint density at radius 3 is 2.56 bits per heavy atom. The van der Waals surface area contributed by atoms with Crippen LogP contribution in [-0.4, -0.2) is 57.7 Å². The molecule has 1 aromatic heterocycles. The van der Waals surface area contributed by atoms with Gasteiger partial charge in [-0.05, 0) is 68.2 Å². The zero-order valence-electron chi connectivity index (χ0n) is 21.6. The molecule has 7 nitrogen and oxygen atoms in total. The lowest BCUT2D eigenvalue weighted by atomic mass is 9.65. The van der Waals surface area contributed by atoms with Crippen molar-refractivity contribution in [3.05, 3.63) is 45.9 Å². The fourth-order valence-electron chi connectivity index (χ4n) is 6.01. The number of likely N-dealkylation sites (tertiary alicyclic amines) is 1. The highest BCUT2D eigenvalue weighted by Gasteiger charge is 2.50. The monoisotopic (exact) mass is 530 g/mol. The number of hydrogen-bond donors (Lipinski definition) is 1. The quantitative estimate of drug-likeness (QED) is 0.529. The van der Waals surface area contributed by atoms with Crippen molar-refractivity contribution in [1.29, 1.82) is 0 Å². The van der Waals surface area contributed by atoms with Crippen molar-refractivity contribution in [3.8, 4) is 0 Å². The maximum atomic E-state index is 13.1. The number of rotatable bonds is 7. The Labute approximate surface area is 222 Å². The van der Waals surface area contributed by atoms with Gasteiger partial charge >= 0.3 is 0 Å². The van der Waals surface area contributed by atoms with Gasteiger partial charge in [-0.2, -0.15) is 0 Å². The van der Waals surface area contributed by atoms with E-state index in [1.54, 1.807) is 24.3 Å². The number of thiazole rings is 1. The van der Waals surface area contributed by atoms with Gasteiger partial charge in [-0.25, -0.2) is 4.98 Å². The average molecular weight is 531 g/mol. The summed E-state index contributed by atoms with van der Waals surface area (Å²) in [5, 5.41) is 5.58. The number of nitrogens with zero attached hydrogens (tertiary/aromatic N) is 3. The highest BCUT2D eigenvalue weighted by atomic mass is 35.5. The summed E-state index contributed by atoms with van der Waals surface area (Å²) in [6.45, 7) is 11.3. The van der Waals surface area contributed by atoms with Gasteiger partial charge in [-0.1, -0.05) is 32.4 Å². The van der Waals surface area contributed by atoms with Gasteiger partial charge in [0.15, 0.2) is 5.13 Å². The standard InChI is InChI=1S/C27H35ClN4O3S/c1-17(2)31(24(35)18-6-8-19(28)9-7-18)13-22(33)30-25-29-20(14-36-25)10-23(34)32-16-27(5)12-21(32)11-26(3,4)15-27/h6-9,14,17,21H,10-13,15-16H2,1-5H3,(H,29,30,33)/t21-,27+/m1/s1. The number of carbonyl (C=O) groups is 3. The summed E-state index contributed by atoms with van der Waals surface area (Å²) < 4.78 is 0. The molecule has 1 aliphatic carbocycles. The van der Waals surface area contributed by atoms with Crippen molar-refractivity contribution < 1.29 is 14.4 Å². The number of hydrogen-bond acceptors (Lipinski definition) is 5. The summed E-state index contributed by atoms with van der Waals surface area (Å²) in [6.07, 6.45) is 3.48. The van der Waals surface area contributed by atoms with Crippen LogP contribution in [-0.2, 0) is 16.0 Å². The second-order valence-corrected chi connectivity index (χ2v) is 12.9. The zero-order valence-corrected chi connectivity index (χ0v) is 23.2. The number of anilines is 1. The van der Waals surface area contributed by atoms with E-state index in [-0.39, 0.29) is 47.6 Å². The summed E-state index contributed by atoms with van der Waals surface area (Å²) in [5.74, 6) is -0.471. The lowest BCUT2D eigenvalue weighted by Gasteiger charge is -2.39. The molecule has 1 saturated carbocycles. The molecular weight excluding hydrogens is 496 g/mol. The molecule has 2 aliphatic rings. The van der Waals surface area contributed by atoms with E-state index in [0.29, 0.717) is 27.5 Å². The molecule has 0 unspecified atom stereocenters. The maximum absolute atomic E-state index is 13.1. The molecule has 2 atom stereocenters. The van der Waals surface area contributed by atoms with Crippen LogP contribution in [0.2, 0.25) is 5.02 Å². The van der Waals surface area contributed by atoms with Gasteiger partial charge in [-0.3, -0.25) is 14.4 Å². The van der Waals surface area contributed by atoms with Crippen LogP contribution in [0.3, 0.4) is 0 Å². The van der Waals surface area contributed by atoms with Crippen LogP contribution in [0.25, 0.3) is 0 Å². The van der Waals surface area contributed by atoms with Crippen molar-refractivity contribution in [3.63, 3.8) is 0 Å². The van der Waals surface area contributed by atoms with Crippen molar-refractivity contribution >= 4 is 45.8 Å². The van der Waals surface area contributed by atoms with Gasteiger partial charge in [-0.15, -0.1) is 11.3 Å². The van der Waals surface area contributed by atoms with Crippen molar-refractivity contribution in [1.82, 2.24) is 14.8 Å². The molecule has 0 radical (unpaired) electrons. The lowest BCUT2D eigenvalue weighted by Crippen LogP contribution is -2.42. The van der Waals surface area contributed by atoms with E-state index in [9.17, 15) is 14.4 Å². The summed E-state index contributed by atoms with van der Waals surface area (Å²) in [5.41, 5.74) is 1.57. The fourth-order valence-corrected chi connectivity index (χ4v) is 6.87. The average Bonchev–Trinajstić information content (AvgIpc) is 3.31. The molecule has 1 saturated heterocycles. The van der Waals surface area contributed by atoms with Crippen LogP contribution >= 0.6 is 22.9 Å². The molecule has 2 fully saturated rings. The molecule has 36 heavy (non-hydrogen) atoms. The molecule has 2 aromatic rings. The zero-order chi connectivity index (χ0) is 26.3. The minimum atomic E-state index is -0.332. The first-order valence-corrected chi connectivity index (χ1v) is 13.7. The molecule has 1 aliphatic heterocycles. The van der Waals surface area contributed by atoms with E-state index in [1.165, 1.54) is 16.2 Å². The van der Waals surface area contributed by atoms with E-state index < -0.39 is 0 Å². The van der Waals surface area contributed by atoms with E-state index in [1.807, 2.05) is 19.2 Å². The van der Waals surface area contributed by atoms with Crippen LogP contribution in [0.15, 0.2) is 29.6 Å². The molecule has 2 bridgehead atoms. The molecule has 194 valence electrons. The number of carbonyl (C=O) groups excluding carboxylic acids is 3. The van der Waals surface area contributed by atoms with Crippen LogP contribution in [0.5, 0.6) is 0 Å². The smallest absolute Gasteiger partial charge is 0.254 e. The minimum Gasteiger partial charge on any atom is -0.339 e. The SMILES string of the molecule is CC(C)N(CC(=O)Nc1nc(CC(=O)N2C[C@@]3(C)C[C@H]2CC(C)(C)C3)cs1)C(=O)c1ccc(Cl)cc1. The van der Waals surface area contributed by atoms with Gasteiger partial charge in [0.25, 0.3) is 5.91 Å². The van der Waals surface area contributed by atoms with E-state index in [4.69, 9.17) is 11.6 Å². The fraction of sp³-hybridized carbons (Fsp3) is 0.556. The van der Waals surface area contributed by atoms with Gasteiger partial charge in [0.05, 0.1) is 12.1 Å². The molecule has 9 heteroatoms. The maximum Gasteiger partial charge on any atom is 0.254 e. The van der Waals surface area contributed by atoms with Crippen LogP contribution in [0, 0.1) is 10.8 Å². The predicted molar refractivity (Wildman–Crippen MR) is 143 cm³/mol. The molecule has 1 aromatic carbocycles. The Hall–Kier alpha value is -2.45. The Bertz CT molecular complexity index is 1150. The highest BCUT2D eigenvalue weighted by Crippen LogP contribution is 2.52. The third-order valence-corrected chi connectivity index (χ3v) is 8.21. The van der Waals surface area contributed by atoms with Gasteiger partial charge in [0.2, 0.25) is 11.8 Å². The number of nitrogens with one attached hydrogen (secondary N) is 1. The summed E-state index contributed by atoms with van der Waals surface area (Å²) in [4.78, 5) is 46.8. The number of benzene rings is 1. The van der Waals surface area contributed by atoms with Crippen LogP contribution < -0.4 is 5.32 Å². The normalized spacial score (nSPS) is 22.5. The topological polar surface area (TPSA) is 82.6 Å². The van der Waals surface area contributed by atoms with E-state index in [0.717, 1.165) is 25.8 Å². The second kappa shape index (κ2) is 10.1. The molecular formula is C27H35ClN4O3S. The van der Waals surface area contributed by atoms with E-state index >= 15 is 0 Å². The third-order valence-electron chi connectivity index (χ3n) is 7.15. The summed E-state index contributed by atoms with van der Waals surface area (Å²) in [7, 11) is 0. The highest BCUT2D eigenvalue weighted by molar-refractivity contribution is 7.13. The predicted octanol–water partition coefficient (Wildman–Crippen LogP) is 5.26. The number of halogens is 1. The Morgan fingerprint density at radius 2 is 1.89 bits per heavy atom. The first kappa shape index (κ1) is 26.6. The molecule has 1 N–H and O–H groups in total. The largest absolute Gasteiger partial charge is 0.339 e. The molecule has 3 amide bonds. The molecule has 0 spiro atoms. The third kappa shape index (κ3) is 6.09. The first-order chi connectivity index (χ1) is 16.8.